The van der Waals surface area contributed by atoms with Crippen LogP contribution in [-0.4, -0.2) is 20.7 Å². The van der Waals surface area contributed by atoms with Crippen molar-refractivity contribution in [3.05, 3.63) is 46.5 Å². The van der Waals surface area contributed by atoms with E-state index in [4.69, 9.17) is 0 Å². The molecule has 3 rings (SSSR count). The largest absolute Gasteiger partial charge is 0.346 e. The third-order valence-electron chi connectivity index (χ3n) is 5.02. The normalized spacial score (nSPS) is 14.6. The van der Waals surface area contributed by atoms with Crippen LogP contribution in [0.15, 0.2) is 18.2 Å². The molecule has 0 saturated heterocycles. The van der Waals surface area contributed by atoms with E-state index in [2.05, 4.69) is 66.0 Å². The molecule has 0 saturated carbocycles. The third-order valence-corrected chi connectivity index (χ3v) is 5.02. The van der Waals surface area contributed by atoms with Crippen LogP contribution in [0.3, 0.4) is 0 Å². The second kappa shape index (κ2) is 7.38. The fraction of sp³-hybridized carbons (Fsp3) is 0.550. The standard InChI is InChI=1S/C20H28N4O/c1-13(2)19(20-23-22-17-6-5-11-24(17)20)21-18(25)10-9-16-8-7-14(3)12-15(16)4/h7-8,12-13,19H,5-6,9-11H2,1-4H3,(H,21,25). The van der Waals surface area contributed by atoms with Crippen LogP contribution in [-0.2, 0) is 24.2 Å². The van der Waals surface area contributed by atoms with E-state index in [1.54, 1.807) is 0 Å². The van der Waals surface area contributed by atoms with Gasteiger partial charge < -0.3 is 9.88 Å². The summed E-state index contributed by atoms with van der Waals surface area (Å²) in [7, 11) is 0. The smallest absolute Gasteiger partial charge is 0.220 e. The summed E-state index contributed by atoms with van der Waals surface area (Å²) in [6.07, 6.45) is 3.36. The molecule has 0 radical (unpaired) electrons. The fourth-order valence-electron chi connectivity index (χ4n) is 3.55. The number of rotatable bonds is 6. The van der Waals surface area contributed by atoms with Crippen molar-refractivity contribution >= 4 is 5.91 Å². The van der Waals surface area contributed by atoms with E-state index >= 15 is 0 Å². The average molecular weight is 340 g/mol. The molecule has 0 aliphatic carbocycles. The molecule has 1 N–H and O–H groups in total. The van der Waals surface area contributed by atoms with E-state index in [1.165, 1.54) is 16.7 Å². The Bertz CT molecular complexity index is 763. The lowest BCUT2D eigenvalue weighted by Gasteiger charge is -2.22. The number of nitrogens with zero attached hydrogens (tertiary/aromatic N) is 3. The van der Waals surface area contributed by atoms with Crippen molar-refractivity contribution in [3.8, 4) is 0 Å². The first kappa shape index (κ1) is 17.6. The molecule has 1 amide bonds. The summed E-state index contributed by atoms with van der Waals surface area (Å²) in [6, 6.07) is 6.33. The van der Waals surface area contributed by atoms with Gasteiger partial charge in [0.2, 0.25) is 5.91 Å². The lowest BCUT2D eigenvalue weighted by Crippen LogP contribution is -2.33. The van der Waals surface area contributed by atoms with Gasteiger partial charge in [-0.1, -0.05) is 37.6 Å². The summed E-state index contributed by atoms with van der Waals surface area (Å²) in [5.41, 5.74) is 3.75. The van der Waals surface area contributed by atoms with Crippen LogP contribution >= 0.6 is 0 Å². The highest BCUT2D eigenvalue weighted by Gasteiger charge is 2.27. The van der Waals surface area contributed by atoms with Crippen molar-refractivity contribution in [2.75, 3.05) is 0 Å². The maximum atomic E-state index is 12.5. The molecule has 1 aromatic carbocycles. The van der Waals surface area contributed by atoms with Crippen LogP contribution in [0.25, 0.3) is 0 Å². The molecule has 1 aromatic heterocycles. The van der Waals surface area contributed by atoms with Crippen molar-refractivity contribution in [1.82, 2.24) is 20.1 Å². The van der Waals surface area contributed by atoms with E-state index in [9.17, 15) is 4.79 Å². The summed E-state index contributed by atoms with van der Waals surface area (Å²) in [5.74, 6) is 2.31. The average Bonchev–Trinajstić information content (AvgIpc) is 3.15. The molecule has 25 heavy (non-hydrogen) atoms. The third kappa shape index (κ3) is 3.91. The van der Waals surface area contributed by atoms with Crippen molar-refractivity contribution in [2.45, 2.75) is 66.0 Å². The van der Waals surface area contributed by atoms with E-state index < -0.39 is 0 Å². The number of aryl methyl sites for hydroxylation is 4. The van der Waals surface area contributed by atoms with Gasteiger partial charge in [0.1, 0.15) is 5.82 Å². The van der Waals surface area contributed by atoms with Gasteiger partial charge in [-0.2, -0.15) is 0 Å². The van der Waals surface area contributed by atoms with Gasteiger partial charge in [-0.3, -0.25) is 4.79 Å². The SMILES string of the molecule is Cc1ccc(CCC(=O)NC(c2nnc3n2CCC3)C(C)C)c(C)c1. The maximum Gasteiger partial charge on any atom is 0.220 e. The van der Waals surface area contributed by atoms with Crippen LogP contribution < -0.4 is 5.32 Å². The Morgan fingerprint density at radius 2 is 2.08 bits per heavy atom. The van der Waals surface area contributed by atoms with Crippen LogP contribution in [0.1, 0.15) is 61.1 Å². The summed E-state index contributed by atoms with van der Waals surface area (Å²) in [5, 5.41) is 11.8. The Hall–Kier alpha value is -2.17. The number of aromatic nitrogens is 3. The van der Waals surface area contributed by atoms with Crippen LogP contribution in [0, 0.1) is 19.8 Å². The number of fused-ring (bicyclic) bond motifs is 1. The predicted molar refractivity (Wildman–Crippen MR) is 98.3 cm³/mol. The number of carbonyl (C=O) groups excluding carboxylic acids is 1. The van der Waals surface area contributed by atoms with Crippen molar-refractivity contribution in [2.24, 2.45) is 5.92 Å². The minimum absolute atomic E-state index is 0.0778. The fourth-order valence-corrected chi connectivity index (χ4v) is 3.55. The molecule has 5 nitrogen and oxygen atoms in total. The Morgan fingerprint density at radius 1 is 1.28 bits per heavy atom. The highest BCUT2D eigenvalue weighted by Crippen LogP contribution is 2.24. The second-order valence-electron chi connectivity index (χ2n) is 7.45. The van der Waals surface area contributed by atoms with E-state index in [0.717, 1.165) is 37.5 Å². The minimum Gasteiger partial charge on any atom is -0.346 e. The van der Waals surface area contributed by atoms with E-state index in [0.29, 0.717) is 6.42 Å². The van der Waals surface area contributed by atoms with Crippen LogP contribution in [0.4, 0.5) is 0 Å². The number of nitrogens with one attached hydrogen (secondary N) is 1. The lowest BCUT2D eigenvalue weighted by molar-refractivity contribution is -0.122. The quantitative estimate of drug-likeness (QED) is 0.878. The van der Waals surface area contributed by atoms with Gasteiger partial charge in [0, 0.05) is 19.4 Å². The van der Waals surface area contributed by atoms with Crippen molar-refractivity contribution in [1.29, 1.82) is 0 Å². The molecule has 2 aromatic rings. The first-order chi connectivity index (χ1) is 12.0. The summed E-state index contributed by atoms with van der Waals surface area (Å²) < 4.78 is 2.18. The van der Waals surface area contributed by atoms with Gasteiger partial charge in [0.15, 0.2) is 5.82 Å². The Labute approximate surface area is 149 Å². The van der Waals surface area contributed by atoms with Gasteiger partial charge >= 0.3 is 0 Å². The predicted octanol–water partition coefficient (Wildman–Crippen LogP) is 3.29. The highest BCUT2D eigenvalue weighted by molar-refractivity contribution is 5.76. The van der Waals surface area contributed by atoms with Crippen LogP contribution in [0.5, 0.6) is 0 Å². The molecular formula is C20H28N4O. The molecule has 2 heterocycles. The summed E-state index contributed by atoms with van der Waals surface area (Å²) in [4.78, 5) is 12.5. The zero-order valence-electron chi connectivity index (χ0n) is 15.7. The second-order valence-corrected chi connectivity index (χ2v) is 7.45. The minimum atomic E-state index is -0.0778. The van der Waals surface area contributed by atoms with E-state index in [-0.39, 0.29) is 17.9 Å². The lowest BCUT2D eigenvalue weighted by atomic mass is 10.0. The maximum absolute atomic E-state index is 12.5. The first-order valence-corrected chi connectivity index (χ1v) is 9.23. The molecular weight excluding hydrogens is 312 g/mol. The molecule has 0 fully saturated rings. The monoisotopic (exact) mass is 340 g/mol. The van der Waals surface area contributed by atoms with Gasteiger partial charge in [0.25, 0.3) is 0 Å². The zero-order valence-corrected chi connectivity index (χ0v) is 15.7. The summed E-state index contributed by atoms with van der Waals surface area (Å²) in [6.45, 7) is 9.39. The molecule has 1 unspecified atom stereocenters. The van der Waals surface area contributed by atoms with Crippen LogP contribution in [0.2, 0.25) is 0 Å². The van der Waals surface area contributed by atoms with Crippen molar-refractivity contribution in [3.63, 3.8) is 0 Å². The Balaban J connectivity index is 1.65. The van der Waals surface area contributed by atoms with Gasteiger partial charge in [-0.15, -0.1) is 10.2 Å². The number of benzene rings is 1. The number of hydrogen-bond donors (Lipinski definition) is 1. The molecule has 0 spiro atoms. The van der Waals surface area contributed by atoms with Gasteiger partial charge in [0.05, 0.1) is 6.04 Å². The Morgan fingerprint density at radius 3 is 2.80 bits per heavy atom. The highest BCUT2D eigenvalue weighted by atomic mass is 16.1. The number of carbonyl (C=O) groups is 1. The van der Waals surface area contributed by atoms with Gasteiger partial charge in [-0.05, 0) is 43.7 Å². The number of amides is 1. The topological polar surface area (TPSA) is 59.8 Å². The Kier molecular flexibility index (Phi) is 5.21. The molecule has 1 aliphatic rings. The first-order valence-electron chi connectivity index (χ1n) is 9.23. The summed E-state index contributed by atoms with van der Waals surface area (Å²) >= 11 is 0. The number of hydrogen-bond acceptors (Lipinski definition) is 3. The van der Waals surface area contributed by atoms with Gasteiger partial charge in [-0.25, -0.2) is 0 Å². The van der Waals surface area contributed by atoms with Crippen molar-refractivity contribution < 1.29 is 4.79 Å². The molecule has 1 aliphatic heterocycles. The molecule has 0 bridgehead atoms. The zero-order chi connectivity index (χ0) is 18.0. The molecule has 5 heteroatoms. The molecule has 134 valence electrons. The van der Waals surface area contributed by atoms with E-state index in [1.807, 2.05) is 0 Å². The molecule has 1 atom stereocenters.